The number of rotatable bonds is 8. The lowest BCUT2D eigenvalue weighted by atomic mass is 10.0. The molecule has 2 amide bonds. The van der Waals surface area contributed by atoms with Crippen LogP contribution in [0.15, 0.2) is 34.0 Å². The van der Waals surface area contributed by atoms with E-state index in [4.69, 9.17) is 10.6 Å². The molecule has 0 spiro atoms. The van der Waals surface area contributed by atoms with Gasteiger partial charge in [-0.05, 0) is 31.3 Å². The number of carbonyl (C=O) groups excluding carboxylic acids is 2. The quantitative estimate of drug-likeness (QED) is 0.296. The van der Waals surface area contributed by atoms with E-state index in [1.165, 1.54) is 16.7 Å². The van der Waals surface area contributed by atoms with Crippen molar-refractivity contribution < 1.29 is 24.3 Å². The molecule has 0 radical (unpaired) electrons. The maximum atomic E-state index is 12.9. The van der Waals surface area contributed by atoms with Crippen LogP contribution in [0.25, 0.3) is 0 Å². The van der Waals surface area contributed by atoms with E-state index in [0.29, 0.717) is 23.9 Å². The molecule has 12 heteroatoms. The number of thioether (sulfide) groups is 1. The largest absolute Gasteiger partial charge is 0.477 e. The van der Waals surface area contributed by atoms with Gasteiger partial charge in [0.1, 0.15) is 29.4 Å². The van der Waals surface area contributed by atoms with E-state index in [1.807, 2.05) is 0 Å². The fourth-order valence-corrected chi connectivity index (χ4v) is 5.14. The third-order valence-electron chi connectivity index (χ3n) is 5.00. The fraction of sp³-hybridized carbons (Fsp3) is 0.421. The molecule has 2 fully saturated rings. The first-order chi connectivity index (χ1) is 14.9. The van der Waals surface area contributed by atoms with Crippen LogP contribution in [0.1, 0.15) is 25.5 Å². The second-order valence-electron chi connectivity index (χ2n) is 7.29. The topological polar surface area (TPSA) is 147 Å². The van der Waals surface area contributed by atoms with Gasteiger partial charge in [-0.15, -0.1) is 23.1 Å². The summed E-state index contributed by atoms with van der Waals surface area (Å²) in [6, 6.07) is -0.872. The van der Waals surface area contributed by atoms with E-state index >= 15 is 0 Å². The van der Waals surface area contributed by atoms with Gasteiger partial charge in [0, 0.05) is 11.1 Å². The van der Waals surface area contributed by atoms with Crippen LogP contribution in [0, 0.1) is 5.92 Å². The lowest BCUT2D eigenvalue weighted by molar-refractivity contribution is -0.150. The molecule has 1 aliphatic carbocycles. The lowest BCUT2D eigenvalue weighted by Crippen LogP contribution is -2.71. The molecule has 164 valence electrons. The van der Waals surface area contributed by atoms with Crippen molar-refractivity contribution >= 4 is 51.7 Å². The van der Waals surface area contributed by atoms with Crippen LogP contribution in [-0.2, 0) is 19.2 Å². The molecule has 3 heterocycles. The van der Waals surface area contributed by atoms with Crippen molar-refractivity contribution in [1.29, 1.82) is 0 Å². The van der Waals surface area contributed by atoms with Crippen molar-refractivity contribution in [2.45, 2.75) is 31.2 Å². The SMILES string of the molecule is CC=CC1=C(C(=O)O)N2C(=O)C(NC(=O)C(=NOCC3CC3)c3csc(N)n3)[C@@H]2SC1. The van der Waals surface area contributed by atoms with Crippen molar-refractivity contribution in [3.8, 4) is 0 Å². The molecule has 31 heavy (non-hydrogen) atoms. The Hall–Kier alpha value is -2.86. The summed E-state index contributed by atoms with van der Waals surface area (Å²) in [7, 11) is 0. The molecular weight excluding hydrogens is 442 g/mol. The molecule has 4 rings (SSSR count). The highest BCUT2D eigenvalue weighted by Gasteiger charge is 2.54. The molecule has 1 aromatic heterocycles. The number of allylic oxidation sites excluding steroid dienone is 2. The number of nitrogens with zero attached hydrogens (tertiary/aromatic N) is 3. The van der Waals surface area contributed by atoms with Crippen LogP contribution in [0.5, 0.6) is 0 Å². The van der Waals surface area contributed by atoms with Crippen molar-refractivity contribution in [2.75, 3.05) is 18.1 Å². The minimum absolute atomic E-state index is 0.0497. The zero-order valence-electron chi connectivity index (χ0n) is 16.6. The van der Waals surface area contributed by atoms with Crippen molar-refractivity contribution in [1.82, 2.24) is 15.2 Å². The summed E-state index contributed by atoms with van der Waals surface area (Å²) in [5.41, 5.74) is 6.39. The van der Waals surface area contributed by atoms with Gasteiger partial charge >= 0.3 is 5.97 Å². The molecule has 0 aromatic carbocycles. The number of hydrogen-bond acceptors (Lipinski definition) is 9. The number of nitrogens with one attached hydrogen (secondary N) is 1. The summed E-state index contributed by atoms with van der Waals surface area (Å²) in [6.45, 7) is 2.19. The number of amides is 2. The summed E-state index contributed by atoms with van der Waals surface area (Å²) in [6.07, 6.45) is 5.55. The highest BCUT2D eigenvalue weighted by molar-refractivity contribution is 8.00. The Morgan fingerprint density at radius 2 is 2.26 bits per heavy atom. The smallest absolute Gasteiger partial charge is 0.352 e. The van der Waals surface area contributed by atoms with Crippen molar-refractivity contribution in [3.63, 3.8) is 0 Å². The Bertz CT molecular complexity index is 1010. The van der Waals surface area contributed by atoms with E-state index in [0.717, 1.165) is 24.2 Å². The molecule has 10 nitrogen and oxygen atoms in total. The van der Waals surface area contributed by atoms with Crippen LogP contribution >= 0.6 is 23.1 Å². The Kier molecular flexibility index (Phi) is 6.01. The monoisotopic (exact) mass is 463 g/mol. The number of hydrogen-bond donors (Lipinski definition) is 3. The average Bonchev–Trinajstić information content (AvgIpc) is 3.47. The van der Waals surface area contributed by atoms with Crippen LogP contribution in [-0.4, -0.2) is 62.3 Å². The summed E-state index contributed by atoms with van der Waals surface area (Å²) in [5, 5.41) is 17.6. The number of oxime groups is 1. The molecular formula is C19H21N5O5S2. The van der Waals surface area contributed by atoms with E-state index in [-0.39, 0.29) is 22.2 Å². The predicted molar refractivity (Wildman–Crippen MR) is 116 cm³/mol. The molecule has 3 aliphatic rings. The number of anilines is 1. The Morgan fingerprint density at radius 3 is 2.87 bits per heavy atom. The summed E-state index contributed by atoms with van der Waals surface area (Å²) in [5.74, 6) is -1.42. The first-order valence-corrected chi connectivity index (χ1v) is 11.6. The van der Waals surface area contributed by atoms with Crippen LogP contribution in [0.2, 0.25) is 0 Å². The van der Waals surface area contributed by atoms with E-state index in [9.17, 15) is 19.5 Å². The Balaban J connectivity index is 1.51. The van der Waals surface area contributed by atoms with Crippen LogP contribution in [0.3, 0.4) is 0 Å². The van der Waals surface area contributed by atoms with Gasteiger partial charge in [-0.25, -0.2) is 9.78 Å². The summed E-state index contributed by atoms with van der Waals surface area (Å²) >= 11 is 2.55. The van der Waals surface area contributed by atoms with Gasteiger partial charge in [-0.1, -0.05) is 17.3 Å². The highest BCUT2D eigenvalue weighted by atomic mass is 32.2. The van der Waals surface area contributed by atoms with E-state index in [2.05, 4.69) is 15.5 Å². The normalized spacial score (nSPS) is 23.6. The highest BCUT2D eigenvalue weighted by Crippen LogP contribution is 2.40. The number of nitrogens with two attached hydrogens (primary N) is 1. The second kappa shape index (κ2) is 8.71. The molecule has 2 aliphatic heterocycles. The Morgan fingerprint density at radius 1 is 1.48 bits per heavy atom. The fourth-order valence-electron chi connectivity index (χ4n) is 3.27. The van der Waals surface area contributed by atoms with Gasteiger partial charge in [-0.2, -0.15) is 0 Å². The standard InChI is InChI=1S/C19H21N5O5S2/c1-2-3-10-7-30-17-13(16(26)24(17)14(10)18(27)28)22-15(25)12(11-8-31-19(20)21-11)23-29-6-9-4-5-9/h2-3,8-9,13,17H,4-7H2,1H3,(H2,20,21)(H,22,25)(H,27,28)/t13?,17-/m0/s1. The molecule has 2 atom stereocenters. The van der Waals surface area contributed by atoms with Gasteiger partial charge in [0.15, 0.2) is 10.8 Å². The molecule has 1 saturated heterocycles. The van der Waals surface area contributed by atoms with Gasteiger partial charge in [0.05, 0.1) is 0 Å². The summed E-state index contributed by atoms with van der Waals surface area (Å²) in [4.78, 5) is 48.0. The third kappa shape index (κ3) is 4.30. The zero-order valence-corrected chi connectivity index (χ0v) is 18.2. The van der Waals surface area contributed by atoms with Gasteiger partial charge in [0.2, 0.25) is 0 Å². The van der Waals surface area contributed by atoms with Gasteiger partial charge < -0.3 is 21.0 Å². The van der Waals surface area contributed by atoms with Gasteiger partial charge in [-0.3, -0.25) is 14.5 Å². The number of aromatic nitrogens is 1. The summed E-state index contributed by atoms with van der Waals surface area (Å²) < 4.78 is 0. The van der Waals surface area contributed by atoms with E-state index in [1.54, 1.807) is 24.5 Å². The number of fused-ring (bicyclic) bond motifs is 1. The van der Waals surface area contributed by atoms with Crippen LogP contribution < -0.4 is 11.1 Å². The number of thiazole rings is 1. The Labute approximate surface area is 186 Å². The van der Waals surface area contributed by atoms with Crippen molar-refractivity contribution in [2.24, 2.45) is 11.1 Å². The molecule has 1 unspecified atom stereocenters. The number of carbonyl (C=O) groups is 3. The van der Waals surface area contributed by atoms with Gasteiger partial charge in [0.25, 0.3) is 11.8 Å². The predicted octanol–water partition coefficient (Wildman–Crippen LogP) is 1.17. The first-order valence-electron chi connectivity index (χ1n) is 9.66. The lowest BCUT2D eigenvalue weighted by Gasteiger charge is -2.49. The second-order valence-corrected chi connectivity index (χ2v) is 9.28. The van der Waals surface area contributed by atoms with E-state index < -0.39 is 29.2 Å². The molecule has 0 bridgehead atoms. The zero-order chi connectivity index (χ0) is 22.1. The number of β-lactam (4-membered cyclic amide) rings is 1. The minimum atomic E-state index is -1.18. The molecule has 1 saturated carbocycles. The minimum Gasteiger partial charge on any atom is -0.477 e. The number of carboxylic acid groups (broad SMARTS) is 1. The number of nitrogen functional groups attached to an aromatic ring is 1. The first kappa shape index (κ1) is 21.4. The molecule has 4 N–H and O–H groups in total. The maximum Gasteiger partial charge on any atom is 0.352 e. The maximum absolute atomic E-state index is 12.9. The van der Waals surface area contributed by atoms with Crippen LogP contribution in [0.4, 0.5) is 5.13 Å². The third-order valence-corrected chi connectivity index (χ3v) is 6.97. The number of aliphatic carboxylic acids is 1. The average molecular weight is 464 g/mol. The number of carboxylic acids is 1. The molecule has 1 aromatic rings. The van der Waals surface area contributed by atoms with Crippen molar-refractivity contribution in [3.05, 3.63) is 34.5 Å².